The van der Waals surface area contributed by atoms with Gasteiger partial charge in [-0.3, -0.25) is 4.68 Å². The van der Waals surface area contributed by atoms with Crippen molar-refractivity contribution in [2.75, 3.05) is 14.2 Å². The van der Waals surface area contributed by atoms with Crippen molar-refractivity contribution in [1.82, 2.24) is 9.78 Å². The summed E-state index contributed by atoms with van der Waals surface area (Å²) < 4.78 is 13.1. The summed E-state index contributed by atoms with van der Waals surface area (Å²) in [6.45, 7) is 2.70. The first-order valence-corrected chi connectivity index (χ1v) is 7.50. The second kappa shape index (κ2) is 6.95. The van der Waals surface area contributed by atoms with Crippen LogP contribution in [0.1, 0.15) is 24.3 Å². The molecule has 0 bridgehead atoms. The number of aromatic nitrogens is 2. The lowest BCUT2D eigenvalue weighted by atomic mass is 10.0. The Morgan fingerprint density at radius 1 is 1.29 bits per heavy atom. The summed E-state index contributed by atoms with van der Waals surface area (Å²) in [5, 5.41) is 14.7. The van der Waals surface area contributed by atoms with E-state index in [4.69, 9.17) is 9.47 Å². The lowest BCUT2D eigenvalue weighted by Crippen LogP contribution is -2.11. The van der Waals surface area contributed by atoms with Gasteiger partial charge in [0.2, 0.25) is 0 Å². The monoisotopic (exact) mass is 354 g/mol. The second-order valence-corrected chi connectivity index (χ2v) is 5.46. The van der Waals surface area contributed by atoms with E-state index in [1.54, 1.807) is 25.1 Å². The Balaban J connectivity index is 2.23. The standard InChI is InChI=1S/C15H19BrN2O3/c1-4-18-15(11(16)9-17-18)12(19)7-10-5-6-13(20-2)14(8-10)21-3/h5-6,8-9,12,19H,4,7H2,1-3H3. The van der Waals surface area contributed by atoms with Crippen LogP contribution in [0.15, 0.2) is 28.9 Å². The predicted molar refractivity (Wildman–Crippen MR) is 83.8 cm³/mol. The highest BCUT2D eigenvalue weighted by Crippen LogP contribution is 2.31. The van der Waals surface area contributed by atoms with Gasteiger partial charge >= 0.3 is 0 Å². The third-order valence-electron chi connectivity index (χ3n) is 3.33. The second-order valence-electron chi connectivity index (χ2n) is 4.60. The van der Waals surface area contributed by atoms with Crippen LogP contribution >= 0.6 is 15.9 Å². The fourth-order valence-electron chi connectivity index (χ4n) is 2.28. The minimum absolute atomic E-state index is 0.477. The fraction of sp³-hybridized carbons (Fsp3) is 0.400. The number of rotatable bonds is 6. The Morgan fingerprint density at radius 2 is 2.00 bits per heavy atom. The molecule has 6 heteroatoms. The van der Waals surface area contributed by atoms with Gasteiger partial charge in [-0.25, -0.2) is 0 Å². The van der Waals surface area contributed by atoms with Crippen molar-refractivity contribution in [2.24, 2.45) is 0 Å². The number of benzene rings is 1. The van der Waals surface area contributed by atoms with Crippen molar-refractivity contribution in [2.45, 2.75) is 26.0 Å². The SMILES string of the molecule is CCn1ncc(Br)c1C(O)Cc1ccc(OC)c(OC)c1. The summed E-state index contributed by atoms with van der Waals surface area (Å²) in [5.41, 5.74) is 1.75. The molecule has 21 heavy (non-hydrogen) atoms. The number of ether oxygens (including phenoxy) is 2. The largest absolute Gasteiger partial charge is 0.493 e. The molecule has 1 heterocycles. The predicted octanol–water partition coefficient (Wildman–Crippen LogP) is 2.96. The van der Waals surface area contributed by atoms with Crippen LogP contribution < -0.4 is 9.47 Å². The Kier molecular flexibility index (Phi) is 5.25. The number of aryl methyl sites for hydroxylation is 1. The molecule has 0 aliphatic heterocycles. The Hall–Kier alpha value is -1.53. The van der Waals surface area contributed by atoms with E-state index in [1.807, 2.05) is 25.1 Å². The third-order valence-corrected chi connectivity index (χ3v) is 3.94. The van der Waals surface area contributed by atoms with Crippen LogP contribution in [0.3, 0.4) is 0 Å². The average Bonchev–Trinajstić information content (AvgIpc) is 2.88. The van der Waals surface area contributed by atoms with Crippen LogP contribution in [0.5, 0.6) is 11.5 Å². The normalized spacial score (nSPS) is 12.2. The van der Waals surface area contributed by atoms with E-state index in [9.17, 15) is 5.11 Å². The third kappa shape index (κ3) is 3.39. The van der Waals surface area contributed by atoms with Crippen LogP contribution in [-0.4, -0.2) is 29.1 Å². The smallest absolute Gasteiger partial charge is 0.160 e. The lowest BCUT2D eigenvalue weighted by molar-refractivity contribution is 0.166. The summed E-state index contributed by atoms with van der Waals surface area (Å²) >= 11 is 3.43. The maximum absolute atomic E-state index is 10.5. The molecule has 2 aromatic rings. The number of aliphatic hydroxyl groups excluding tert-OH is 1. The molecule has 1 unspecified atom stereocenters. The first-order chi connectivity index (χ1) is 10.1. The van der Waals surface area contributed by atoms with Crippen LogP contribution in [0.2, 0.25) is 0 Å². The van der Waals surface area contributed by atoms with Crippen molar-refractivity contribution in [1.29, 1.82) is 0 Å². The van der Waals surface area contributed by atoms with Crippen molar-refractivity contribution in [3.63, 3.8) is 0 Å². The van der Waals surface area contributed by atoms with Gasteiger partial charge in [0.15, 0.2) is 11.5 Å². The molecular formula is C15H19BrN2O3. The molecular weight excluding hydrogens is 336 g/mol. The topological polar surface area (TPSA) is 56.5 Å². The molecule has 0 spiro atoms. The van der Waals surface area contributed by atoms with Gasteiger partial charge in [-0.2, -0.15) is 5.10 Å². The molecule has 1 atom stereocenters. The molecule has 0 saturated heterocycles. The number of aliphatic hydroxyl groups is 1. The Bertz CT molecular complexity index is 613. The molecule has 0 saturated carbocycles. The molecule has 0 radical (unpaired) electrons. The Labute approximate surface area is 132 Å². The first kappa shape index (κ1) is 15.9. The minimum Gasteiger partial charge on any atom is -0.493 e. The van der Waals surface area contributed by atoms with Gasteiger partial charge in [-0.1, -0.05) is 6.07 Å². The van der Waals surface area contributed by atoms with Crippen LogP contribution in [-0.2, 0) is 13.0 Å². The molecule has 0 amide bonds. The van der Waals surface area contributed by atoms with E-state index < -0.39 is 6.10 Å². The van der Waals surface area contributed by atoms with E-state index in [-0.39, 0.29) is 0 Å². The molecule has 5 nitrogen and oxygen atoms in total. The van der Waals surface area contributed by atoms with Crippen molar-refractivity contribution >= 4 is 15.9 Å². The molecule has 1 N–H and O–H groups in total. The number of nitrogens with zero attached hydrogens (tertiary/aromatic N) is 2. The molecule has 2 rings (SSSR count). The maximum Gasteiger partial charge on any atom is 0.160 e. The lowest BCUT2D eigenvalue weighted by Gasteiger charge is -2.15. The zero-order chi connectivity index (χ0) is 15.4. The van der Waals surface area contributed by atoms with E-state index in [1.165, 1.54) is 0 Å². The van der Waals surface area contributed by atoms with Gasteiger partial charge in [-0.15, -0.1) is 0 Å². The van der Waals surface area contributed by atoms with Crippen molar-refractivity contribution in [3.05, 3.63) is 40.1 Å². The highest BCUT2D eigenvalue weighted by atomic mass is 79.9. The zero-order valence-electron chi connectivity index (χ0n) is 12.3. The zero-order valence-corrected chi connectivity index (χ0v) is 13.9. The molecule has 0 aliphatic rings. The highest BCUT2D eigenvalue weighted by molar-refractivity contribution is 9.10. The van der Waals surface area contributed by atoms with Gasteiger partial charge in [-0.05, 0) is 40.5 Å². The van der Waals surface area contributed by atoms with Gasteiger partial charge in [0.1, 0.15) is 6.10 Å². The number of hydrogen-bond acceptors (Lipinski definition) is 4. The summed E-state index contributed by atoms with van der Waals surface area (Å²) in [6.07, 6.45) is 1.54. The number of methoxy groups -OCH3 is 2. The minimum atomic E-state index is -0.639. The van der Waals surface area contributed by atoms with Crippen LogP contribution in [0, 0.1) is 0 Å². The van der Waals surface area contributed by atoms with Gasteiger partial charge in [0.05, 0.1) is 30.6 Å². The van der Waals surface area contributed by atoms with Gasteiger partial charge < -0.3 is 14.6 Å². The van der Waals surface area contributed by atoms with Crippen LogP contribution in [0.25, 0.3) is 0 Å². The molecule has 1 aromatic carbocycles. The summed E-state index contributed by atoms with van der Waals surface area (Å²) in [5.74, 6) is 1.33. The van der Waals surface area contributed by atoms with Crippen molar-refractivity contribution in [3.8, 4) is 11.5 Å². The number of halogens is 1. The summed E-state index contributed by atoms with van der Waals surface area (Å²) in [6, 6.07) is 5.64. The maximum atomic E-state index is 10.5. The molecule has 1 aromatic heterocycles. The molecule has 0 fully saturated rings. The van der Waals surface area contributed by atoms with E-state index in [0.717, 1.165) is 15.7 Å². The van der Waals surface area contributed by atoms with E-state index in [0.29, 0.717) is 24.5 Å². The Morgan fingerprint density at radius 3 is 2.62 bits per heavy atom. The fourth-order valence-corrected chi connectivity index (χ4v) is 2.84. The molecule has 114 valence electrons. The first-order valence-electron chi connectivity index (χ1n) is 6.70. The van der Waals surface area contributed by atoms with E-state index >= 15 is 0 Å². The summed E-state index contributed by atoms with van der Waals surface area (Å²) in [7, 11) is 3.20. The molecule has 0 aliphatic carbocycles. The summed E-state index contributed by atoms with van der Waals surface area (Å²) in [4.78, 5) is 0. The van der Waals surface area contributed by atoms with Gasteiger partial charge in [0, 0.05) is 13.0 Å². The highest BCUT2D eigenvalue weighted by Gasteiger charge is 2.18. The number of hydrogen-bond donors (Lipinski definition) is 1. The average molecular weight is 355 g/mol. The van der Waals surface area contributed by atoms with Gasteiger partial charge in [0.25, 0.3) is 0 Å². The van der Waals surface area contributed by atoms with E-state index in [2.05, 4.69) is 21.0 Å². The van der Waals surface area contributed by atoms with Crippen molar-refractivity contribution < 1.29 is 14.6 Å². The van der Waals surface area contributed by atoms with Crippen LogP contribution in [0.4, 0.5) is 0 Å². The quantitative estimate of drug-likeness (QED) is 0.866.